The standard InChI is InChI=1S/C29H35F3N3OPS/c1-19-18-35(2)15-13-23(19)34-25-9-6-8-21-22(17-29(30,31)32)27(38-28(21)25)10-7-14-33-24-12-11-20(37(4)5)16-26(24)36-3/h6,8-9,11-12,16,19,23,33-34H,13-15,17-18H2,1-5H3/t19-,23-/m1/s1. The molecule has 2 aromatic carbocycles. The minimum absolute atomic E-state index is 0.249. The summed E-state index contributed by atoms with van der Waals surface area (Å²) in [5.74, 6) is 7.26. The number of methoxy groups -OCH3 is 1. The number of nitrogens with zero attached hydrogens (tertiary/aromatic N) is 1. The molecule has 1 saturated heterocycles. The molecule has 1 aromatic heterocycles. The average Bonchev–Trinajstić information content (AvgIpc) is 3.20. The zero-order chi connectivity index (χ0) is 27.4. The van der Waals surface area contributed by atoms with Crippen molar-refractivity contribution >= 4 is 46.0 Å². The second-order valence-electron chi connectivity index (χ2n) is 10.1. The third kappa shape index (κ3) is 6.94. The molecule has 1 aliphatic heterocycles. The Kier molecular flexibility index (Phi) is 9.13. The van der Waals surface area contributed by atoms with Gasteiger partial charge in [0.15, 0.2) is 0 Å². The molecule has 0 unspecified atom stereocenters. The molecule has 0 bridgehead atoms. The smallest absolute Gasteiger partial charge is 0.393 e. The van der Waals surface area contributed by atoms with E-state index in [-0.39, 0.29) is 19.5 Å². The summed E-state index contributed by atoms with van der Waals surface area (Å²) in [6, 6.07) is 11.9. The Morgan fingerprint density at radius 1 is 1.18 bits per heavy atom. The van der Waals surface area contributed by atoms with E-state index in [1.54, 1.807) is 13.2 Å². The Balaban J connectivity index is 1.60. The van der Waals surface area contributed by atoms with Gasteiger partial charge in [-0.25, -0.2) is 0 Å². The van der Waals surface area contributed by atoms with Crippen LogP contribution in [0.3, 0.4) is 0 Å². The molecule has 0 radical (unpaired) electrons. The van der Waals surface area contributed by atoms with E-state index >= 15 is 0 Å². The normalized spacial score (nSPS) is 18.3. The largest absolute Gasteiger partial charge is 0.495 e. The lowest BCUT2D eigenvalue weighted by Crippen LogP contribution is -2.43. The number of anilines is 2. The van der Waals surface area contributed by atoms with Crippen molar-refractivity contribution in [2.75, 3.05) is 57.8 Å². The number of fused-ring (bicyclic) bond motifs is 1. The molecular formula is C29H35F3N3OPS. The highest BCUT2D eigenvalue weighted by atomic mass is 32.1. The number of halogens is 3. The minimum Gasteiger partial charge on any atom is -0.495 e. The van der Waals surface area contributed by atoms with Gasteiger partial charge in [-0.1, -0.05) is 44.9 Å². The molecule has 1 fully saturated rings. The summed E-state index contributed by atoms with van der Waals surface area (Å²) < 4.78 is 47.1. The molecule has 3 aromatic rings. The monoisotopic (exact) mass is 561 g/mol. The molecule has 2 heterocycles. The van der Waals surface area contributed by atoms with Crippen LogP contribution in [0.1, 0.15) is 23.8 Å². The zero-order valence-corrected chi connectivity index (χ0v) is 24.2. The van der Waals surface area contributed by atoms with Crippen molar-refractivity contribution in [2.24, 2.45) is 5.92 Å². The van der Waals surface area contributed by atoms with Gasteiger partial charge in [-0.05, 0) is 73.7 Å². The second-order valence-corrected chi connectivity index (χ2v) is 13.4. The van der Waals surface area contributed by atoms with Gasteiger partial charge in [-0.15, -0.1) is 11.3 Å². The number of ether oxygens (including phenoxy) is 1. The number of nitrogens with one attached hydrogen (secondary N) is 2. The Morgan fingerprint density at radius 3 is 2.66 bits per heavy atom. The van der Waals surface area contributed by atoms with E-state index in [1.165, 1.54) is 16.6 Å². The van der Waals surface area contributed by atoms with E-state index in [1.807, 2.05) is 24.3 Å². The fourth-order valence-corrected chi connectivity index (χ4v) is 6.82. The molecular weight excluding hydrogens is 526 g/mol. The Bertz CT molecular complexity index is 1330. The number of benzene rings is 2. The number of thiophene rings is 1. The second kappa shape index (κ2) is 12.2. The van der Waals surface area contributed by atoms with Crippen LogP contribution in [0.15, 0.2) is 36.4 Å². The van der Waals surface area contributed by atoms with E-state index in [0.29, 0.717) is 22.7 Å². The maximum Gasteiger partial charge on any atom is 0.393 e. The van der Waals surface area contributed by atoms with Crippen LogP contribution < -0.4 is 20.7 Å². The summed E-state index contributed by atoms with van der Waals surface area (Å²) >= 11 is 1.34. The van der Waals surface area contributed by atoms with Gasteiger partial charge < -0.3 is 20.3 Å². The lowest BCUT2D eigenvalue weighted by Gasteiger charge is -2.35. The average molecular weight is 562 g/mol. The van der Waals surface area contributed by atoms with Crippen LogP contribution in [0.25, 0.3) is 10.1 Å². The molecule has 0 spiro atoms. The zero-order valence-electron chi connectivity index (χ0n) is 22.5. The summed E-state index contributed by atoms with van der Waals surface area (Å²) in [5.41, 5.74) is 1.96. The van der Waals surface area contributed by atoms with Crippen LogP contribution in [0, 0.1) is 17.8 Å². The van der Waals surface area contributed by atoms with E-state index in [0.717, 1.165) is 41.3 Å². The fraction of sp³-hybridized carbons (Fsp3) is 0.448. The highest BCUT2D eigenvalue weighted by Gasteiger charge is 2.31. The van der Waals surface area contributed by atoms with E-state index < -0.39 is 12.6 Å². The summed E-state index contributed by atoms with van der Waals surface area (Å²) in [5, 5.41) is 8.75. The molecule has 204 valence electrons. The Morgan fingerprint density at radius 2 is 1.97 bits per heavy atom. The molecule has 4 rings (SSSR count). The summed E-state index contributed by atoms with van der Waals surface area (Å²) in [6.07, 6.45) is -4.32. The Labute approximate surface area is 228 Å². The lowest BCUT2D eigenvalue weighted by atomic mass is 9.94. The quantitative estimate of drug-likeness (QED) is 0.252. The number of piperidine rings is 1. The highest BCUT2D eigenvalue weighted by Crippen LogP contribution is 2.39. The molecule has 4 nitrogen and oxygen atoms in total. The first-order chi connectivity index (χ1) is 18.1. The number of hydrogen-bond acceptors (Lipinski definition) is 5. The fourth-order valence-electron chi connectivity index (χ4n) is 4.90. The van der Waals surface area contributed by atoms with Crippen molar-refractivity contribution in [1.82, 2.24) is 4.90 Å². The number of hydrogen-bond donors (Lipinski definition) is 2. The minimum atomic E-state index is -4.32. The van der Waals surface area contributed by atoms with Crippen LogP contribution in [0.5, 0.6) is 5.75 Å². The van der Waals surface area contributed by atoms with E-state index in [2.05, 4.69) is 60.7 Å². The molecule has 0 amide bonds. The van der Waals surface area contributed by atoms with Gasteiger partial charge in [0.25, 0.3) is 0 Å². The van der Waals surface area contributed by atoms with Gasteiger partial charge >= 0.3 is 6.18 Å². The van der Waals surface area contributed by atoms with Crippen molar-refractivity contribution in [3.05, 3.63) is 46.8 Å². The van der Waals surface area contributed by atoms with Gasteiger partial charge in [0.05, 0.1) is 41.0 Å². The first kappa shape index (κ1) is 28.5. The van der Waals surface area contributed by atoms with Crippen molar-refractivity contribution in [2.45, 2.75) is 32.0 Å². The molecule has 1 aliphatic rings. The van der Waals surface area contributed by atoms with Gasteiger partial charge in [0.1, 0.15) is 5.75 Å². The number of rotatable bonds is 7. The molecule has 2 atom stereocenters. The third-order valence-corrected chi connectivity index (χ3v) is 9.42. The van der Waals surface area contributed by atoms with Gasteiger partial charge in [-0.2, -0.15) is 13.2 Å². The SMILES string of the molecule is COc1cc(P(C)C)ccc1NCC#Cc1sc2c(N[C@@H]3CCN(C)C[C@H]3C)cccc2c1CC(F)(F)F. The molecule has 2 N–H and O–H groups in total. The molecule has 38 heavy (non-hydrogen) atoms. The molecule has 0 aliphatic carbocycles. The molecule has 9 heteroatoms. The summed E-state index contributed by atoms with van der Waals surface area (Å²) in [7, 11) is 3.50. The van der Waals surface area contributed by atoms with Crippen LogP contribution in [0.4, 0.5) is 24.5 Å². The van der Waals surface area contributed by atoms with Crippen molar-refractivity contribution in [3.8, 4) is 17.6 Å². The summed E-state index contributed by atoms with van der Waals surface area (Å²) in [6.45, 7) is 8.86. The van der Waals surface area contributed by atoms with E-state index in [4.69, 9.17) is 4.74 Å². The predicted molar refractivity (Wildman–Crippen MR) is 157 cm³/mol. The topological polar surface area (TPSA) is 36.5 Å². The first-order valence-corrected chi connectivity index (χ1v) is 15.7. The maximum absolute atomic E-state index is 13.6. The maximum atomic E-state index is 13.6. The predicted octanol–water partition coefficient (Wildman–Crippen LogP) is 6.60. The van der Waals surface area contributed by atoms with Gasteiger partial charge in [-0.3, -0.25) is 0 Å². The van der Waals surface area contributed by atoms with Gasteiger partial charge in [0, 0.05) is 12.6 Å². The van der Waals surface area contributed by atoms with E-state index in [9.17, 15) is 13.2 Å². The van der Waals surface area contributed by atoms with Crippen molar-refractivity contribution in [1.29, 1.82) is 0 Å². The van der Waals surface area contributed by atoms with Crippen LogP contribution in [-0.2, 0) is 6.42 Å². The third-order valence-electron chi connectivity index (χ3n) is 6.92. The van der Waals surface area contributed by atoms with Gasteiger partial charge in [0.2, 0.25) is 0 Å². The molecule has 0 saturated carbocycles. The lowest BCUT2D eigenvalue weighted by molar-refractivity contribution is -0.126. The first-order valence-electron chi connectivity index (χ1n) is 12.7. The van der Waals surface area contributed by atoms with Crippen LogP contribution in [-0.4, -0.2) is 64.2 Å². The van der Waals surface area contributed by atoms with Crippen LogP contribution >= 0.6 is 19.3 Å². The van der Waals surface area contributed by atoms with Crippen LogP contribution in [0.2, 0.25) is 0 Å². The number of alkyl halides is 3. The number of likely N-dealkylation sites (tertiary alicyclic amines) is 1. The van der Waals surface area contributed by atoms with Crippen molar-refractivity contribution < 1.29 is 17.9 Å². The summed E-state index contributed by atoms with van der Waals surface area (Å²) in [4.78, 5) is 2.78. The highest BCUT2D eigenvalue weighted by molar-refractivity contribution is 7.64. The Hall–Kier alpha value is -2.46. The van der Waals surface area contributed by atoms with Crippen molar-refractivity contribution in [3.63, 3.8) is 0 Å².